The summed E-state index contributed by atoms with van der Waals surface area (Å²) in [5.41, 5.74) is 3.89. The van der Waals surface area contributed by atoms with Crippen LogP contribution in [0.3, 0.4) is 0 Å². The monoisotopic (exact) mass is 369 g/mol. The van der Waals surface area contributed by atoms with Gasteiger partial charge in [-0.25, -0.2) is 9.07 Å². The van der Waals surface area contributed by atoms with Crippen molar-refractivity contribution in [1.82, 2.24) is 9.78 Å². The molecular weight excluding hydrogens is 349 g/mol. The van der Waals surface area contributed by atoms with Gasteiger partial charge in [0.1, 0.15) is 11.6 Å². The fourth-order valence-corrected chi connectivity index (χ4v) is 3.38. The van der Waals surface area contributed by atoms with E-state index in [9.17, 15) is 9.18 Å². The Labute approximate surface area is 156 Å². The van der Waals surface area contributed by atoms with Gasteiger partial charge in [0.2, 0.25) is 5.91 Å². The lowest BCUT2D eigenvalue weighted by molar-refractivity contribution is -0.113. The number of benzene rings is 2. The first-order valence-corrected chi connectivity index (χ1v) is 9.42. The minimum atomic E-state index is -0.309. The molecule has 6 heteroatoms. The third kappa shape index (κ3) is 4.73. The van der Waals surface area contributed by atoms with Gasteiger partial charge in [0.25, 0.3) is 0 Å². The molecule has 134 valence electrons. The number of anilines is 1. The lowest BCUT2D eigenvalue weighted by Crippen LogP contribution is -2.17. The number of carbonyl (C=O) groups excluding carboxylic acids is 1. The van der Waals surface area contributed by atoms with Crippen molar-refractivity contribution in [2.45, 2.75) is 19.6 Å². The molecule has 0 aliphatic carbocycles. The zero-order valence-electron chi connectivity index (χ0n) is 14.7. The van der Waals surface area contributed by atoms with Gasteiger partial charge in [-0.1, -0.05) is 29.8 Å². The second kappa shape index (κ2) is 8.19. The predicted octanol–water partition coefficient (Wildman–Crippen LogP) is 4.50. The number of nitrogens with one attached hydrogen (secondary N) is 1. The van der Waals surface area contributed by atoms with E-state index in [1.165, 1.54) is 23.3 Å². The molecule has 0 atom stereocenters. The van der Waals surface area contributed by atoms with E-state index in [4.69, 9.17) is 0 Å². The number of nitrogens with zero attached hydrogens (tertiary/aromatic N) is 2. The summed E-state index contributed by atoms with van der Waals surface area (Å²) in [7, 11) is 0. The summed E-state index contributed by atoms with van der Waals surface area (Å²) >= 11 is 1.56. The molecule has 1 N–H and O–H groups in total. The number of halogens is 1. The summed E-state index contributed by atoms with van der Waals surface area (Å²) in [4.78, 5) is 12.3. The van der Waals surface area contributed by atoms with Crippen LogP contribution in [0.1, 0.15) is 16.8 Å². The number of aryl methyl sites for hydroxylation is 2. The van der Waals surface area contributed by atoms with E-state index >= 15 is 0 Å². The molecule has 1 aromatic heterocycles. The van der Waals surface area contributed by atoms with Gasteiger partial charge in [-0.3, -0.25) is 4.79 Å². The van der Waals surface area contributed by atoms with Crippen LogP contribution in [0.4, 0.5) is 10.2 Å². The number of hydrogen-bond donors (Lipinski definition) is 1. The Morgan fingerprint density at radius 2 is 1.92 bits per heavy atom. The fraction of sp³-hybridized carbons (Fsp3) is 0.200. The van der Waals surface area contributed by atoms with Gasteiger partial charge < -0.3 is 5.32 Å². The first-order chi connectivity index (χ1) is 12.5. The van der Waals surface area contributed by atoms with Gasteiger partial charge in [-0.15, -0.1) is 11.8 Å². The maximum absolute atomic E-state index is 13.1. The molecular formula is C20H20FN3OS. The minimum Gasteiger partial charge on any atom is -0.310 e. The summed E-state index contributed by atoms with van der Waals surface area (Å²) in [5.74, 6) is 1.31. The highest BCUT2D eigenvalue weighted by Crippen LogP contribution is 2.19. The fourth-order valence-electron chi connectivity index (χ4n) is 2.61. The van der Waals surface area contributed by atoms with Crippen LogP contribution < -0.4 is 5.32 Å². The molecule has 0 saturated heterocycles. The summed E-state index contributed by atoms with van der Waals surface area (Å²) in [5, 5.41) is 7.26. The molecule has 4 nitrogen and oxygen atoms in total. The minimum absolute atomic E-state index is 0.0917. The van der Waals surface area contributed by atoms with Crippen molar-refractivity contribution in [3.05, 3.63) is 77.2 Å². The summed E-state index contributed by atoms with van der Waals surface area (Å²) < 4.78 is 14.7. The van der Waals surface area contributed by atoms with E-state index in [1.807, 2.05) is 13.0 Å². The Bertz CT molecular complexity index is 906. The van der Waals surface area contributed by atoms with E-state index in [0.29, 0.717) is 17.3 Å². The van der Waals surface area contributed by atoms with Crippen LogP contribution in [0.25, 0.3) is 5.69 Å². The highest BCUT2D eigenvalue weighted by Gasteiger charge is 2.11. The Balaban J connectivity index is 1.61. The molecule has 0 aliphatic heterocycles. The number of amides is 1. The Kier molecular flexibility index (Phi) is 5.73. The average molecular weight is 369 g/mol. The average Bonchev–Trinajstić information content (AvgIpc) is 2.96. The van der Waals surface area contributed by atoms with Crippen molar-refractivity contribution in [3.8, 4) is 5.69 Å². The lowest BCUT2D eigenvalue weighted by atomic mass is 10.2. The van der Waals surface area contributed by atoms with Gasteiger partial charge in [0.15, 0.2) is 0 Å². The van der Waals surface area contributed by atoms with Crippen molar-refractivity contribution in [2.24, 2.45) is 0 Å². The van der Waals surface area contributed by atoms with E-state index in [0.717, 1.165) is 11.4 Å². The van der Waals surface area contributed by atoms with E-state index in [2.05, 4.69) is 35.5 Å². The SMILES string of the molecule is Cc1cccc(CSCC(=O)Nc2cc(C)nn2-c2ccc(F)cc2)c1. The van der Waals surface area contributed by atoms with Crippen LogP contribution in [-0.2, 0) is 10.5 Å². The molecule has 3 aromatic rings. The Morgan fingerprint density at radius 1 is 1.15 bits per heavy atom. The molecule has 26 heavy (non-hydrogen) atoms. The molecule has 0 unspecified atom stereocenters. The number of carbonyl (C=O) groups is 1. The molecule has 0 spiro atoms. The number of thioether (sulfide) groups is 1. The molecule has 1 heterocycles. The van der Waals surface area contributed by atoms with Crippen molar-refractivity contribution in [3.63, 3.8) is 0 Å². The molecule has 0 bridgehead atoms. The Hall–Kier alpha value is -2.60. The van der Waals surface area contributed by atoms with Crippen molar-refractivity contribution < 1.29 is 9.18 Å². The van der Waals surface area contributed by atoms with Gasteiger partial charge >= 0.3 is 0 Å². The maximum atomic E-state index is 13.1. The topological polar surface area (TPSA) is 46.9 Å². The first-order valence-electron chi connectivity index (χ1n) is 8.27. The lowest BCUT2D eigenvalue weighted by Gasteiger charge is -2.09. The second-order valence-electron chi connectivity index (χ2n) is 6.09. The highest BCUT2D eigenvalue weighted by molar-refractivity contribution is 7.99. The van der Waals surface area contributed by atoms with E-state index in [-0.39, 0.29) is 11.7 Å². The van der Waals surface area contributed by atoms with Gasteiger partial charge in [-0.05, 0) is 43.7 Å². The molecule has 0 radical (unpaired) electrons. The van der Waals surface area contributed by atoms with Crippen LogP contribution >= 0.6 is 11.8 Å². The third-order valence-corrected chi connectivity index (χ3v) is 4.76. The first kappa shape index (κ1) is 18.2. The van der Waals surface area contributed by atoms with Crippen LogP contribution in [0.5, 0.6) is 0 Å². The highest BCUT2D eigenvalue weighted by atomic mass is 32.2. The van der Waals surface area contributed by atoms with Gasteiger partial charge in [-0.2, -0.15) is 5.10 Å². The van der Waals surface area contributed by atoms with Crippen molar-refractivity contribution in [1.29, 1.82) is 0 Å². The van der Waals surface area contributed by atoms with Crippen LogP contribution in [0.15, 0.2) is 54.6 Å². The Morgan fingerprint density at radius 3 is 2.65 bits per heavy atom. The van der Waals surface area contributed by atoms with E-state index < -0.39 is 0 Å². The third-order valence-electron chi connectivity index (χ3n) is 3.75. The second-order valence-corrected chi connectivity index (χ2v) is 7.07. The van der Waals surface area contributed by atoms with Crippen LogP contribution in [0, 0.1) is 19.7 Å². The molecule has 0 aliphatic rings. The predicted molar refractivity (Wildman–Crippen MR) is 104 cm³/mol. The van der Waals surface area contributed by atoms with Gasteiger partial charge in [0.05, 0.1) is 17.1 Å². The summed E-state index contributed by atoms with van der Waals surface area (Å²) in [6.07, 6.45) is 0. The number of hydrogen-bond acceptors (Lipinski definition) is 3. The quantitative estimate of drug-likeness (QED) is 0.696. The maximum Gasteiger partial charge on any atom is 0.235 e. The molecule has 2 aromatic carbocycles. The normalized spacial score (nSPS) is 10.7. The molecule has 1 amide bonds. The van der Waals surface area contributed by atoms with Crippen LogP contribution in [-0.4, -0.2) is 21.4 Å². The van der Waals surface area contributed by atoms with Crippen molar-refractivity contribution >= 4 is 23.5 Å². The largest absolute Gasteiger partial charge is 0.310 e. The van der Waals surface area contributed by atoms with E-state index in [1.54, 1.807) is 34.6 Å². The standard InChI is InChI=1S/C20H20FN3OS/c1-14-4-3-5-16(10-14)12-26-13-20(25)22-19-11-15(2)23-24(19)18-8-6-17(21)7-9-18/h3-11H,12-13H2,1-2H3,(H,22,25). The summed E-state index contributed by atoms with van der Waals surface area (Å²) in [6.45, 7) is 3.90. The molecule has 0 fully saturated rings. The molecule has 0 saturated carbocycles. The zero-order valence-corrected chi connectivity index (χ0v) is 15.5. The van der Waals surface area contributed by atoms with Crippen LogP contribution in [0.2, 0.25) is 0 Å². The number of aromatic nitrogens is 2. The van der Waals surface area contributed by atoms with Gasteiger partial charge in [0, 0.05) is 11.8 Å². The number of rotatable bonds is 6. The molecule has 3 rings (SSSR count). The smallest absolute Gasteiger partial charge is 0.235 e. The van der Waals surface area contributed by atoms with Crippen molar-refractivity contribution in [2.75, 3.05) is 11.1 Å². The summed E-state index contributed by atoms with van der Waals surface area (Å²) in [6, 6.07) is 16.1. The zero-order chi connectivity index (χ0) is 18.5.